The third kappa shape index (κ3) is 3.96. The van der Waals surface area contributed by atoms with E-state index >= 15 is 0 Å². The van der Waals surface area contributed by atoms with E-state index in [4.69, 9.17) is 4.74 Å². The van der Waals surface area contributed by atoms with Crippen LogP contribution in [0.1, 0.15) is 5.56 Å². The average molecular weight is 446 g/mol. The van der Waals surface area contributed by atoms with E-state index in [-0.39, 0.29) is 17.2 Å². The maximum absolute atomic E-state index is 10.5. The number of methoxy groups -OCH3 is 1. The Morgan fingerprint density at radius 3 is 2.74 bits per heavy atom. The molecule has 0 unspecified atom stereocenters. The summed E-state index contributed by atoms with van der Waals surface area (Å²) in [5, 5.41) is 24.4. The molecule has 1 aromatic heterocycles. The molecule has 2 rings (SSSR count). The van der Waals surface area contributed by atoms with Crippen molar-refractivity contribution in [2.45, 2.75) is 0 Å². The minimum Gasteiger partial charge on any atom is -0.503 e. The zero-order valence-electron chi connectivity index (χ0n) is 11.7. The van der Waals surface area contributed by atoms with Crippen molar-refractivity contribution in [2.75, 3.05) is 12.5 Å². The van der Waals surface area contributed by atoms with E-state index in [0.29, 0.717) is 20.3 Å². The summed E-state index contributed by atoms with van der Waals surface area (Å²) in [6.07, 6.45) is 2.62. The molecular weight excluding hydrogens is 436 g/mol. The van der Waals surface area contributed by atoms with Crippen LogP contribution in [0.25, 0.3) is 0 Å². The SMILES string of the molecule is COc1cc(/C=N/Nc2ccc([N+](=O)[O-])cn2)c(Br)c(Br)c1O. The molecule has 0 aliphatic carbocycles. The number of pyridine rings is 1. The number of benzene rings is 1. The van der Waals surface area contributed by atoms with Crippen LogP contribution in [0, 0.1) is 10.1 Å². The number of hydrogen-bond acceptors (Lipinski definition) is 7. The number of hydrazone groups is 1. The van der Waals surface area contributed by atoms with E-state index in [0.717, 1.165) is 6.20 Å². The van der Waals surface area contributed by atoms with Crippen LogP contribution in [0.2, 0.25) is 0 Å². The predicted molar refractivity (Wildman–Crippen MR) is 92.2 cm³/mol. The number of ether oxygens (including phenoxy) is 1. The van der Waals surface area contributed by atoms with Gasteiger partial charge in [0, 0.05) is 16.1 Å². The van der Waals surface area contributed by atoms with Crippen LogP contribution in [-0.2, 0) is 0 Å². The van der Waals surface area contributed by atoms with Crippen molar-refractivity contribution < 1.29 is 14.8 Å². The molecule has 0 saturated carbocycles. The van der Waals surface area contributed by atoms with Gasteiger partial charge in [0.2, 0.25) is 0 Å². The van der Waals surface area contributed by atoms with Gasteiger partial charge in [0.05, 0.1) is 22.7 Å². The van der Waals surface area contributed by atoms with E-state index < -0.39 is 4.92 Å². The highest BCUT2D eigenvalue weighted by atomic mass is 79.9. The summed E-state index contributed by atoms with van der Waals surface area (Å²) in [5.74, 6) is 0.615. The molecule has 1 aromatic carbocycles. The summed E-state index contributed by atoms with van der Waals surface area (Å²) < 4.78 is 6.09. The number of phenolic OH excluding ortho intramolecular Hbond substituents is 1. The van der Waals surface area contributed by atoms with Gasteiger partial charge in [0.1, 0.15) is 12.0 Å². The quantitative estimate of drug-likeness (QED) is 0.412. The maximum atomic E-state index is 10.5. The Hall–Kier alpha value is -2.20. The van der Waals surface area contributed by atoms with Crippen molar-refractivity contribution in [1.82, 2.24) is 4.98 Å². The fourth-order valence-corrected chi connectivity index (χ4v) is 2.42. The van der Waals surface area contributed by atoms with Gasteiger partial charge in [0.25, 0.3) is 5.69 Å². The second kappa shape index (κ2) is 7.38. The average Bonchev–Trinajstić information content (AvgIpc) is 2.55. The van der Waals surface area contributed by atoms with Crippen molar-refractivity contribution in [1.29, 1.82) is 0 Å². The third-order valence-corrected chi connectivity index (χ3v) is 4.89. The molecular formula is C13H10Br2N4O4. The Morgan fingerprint density at radius 2 is 2.17 bits per heavy atom. The summed E-state index contributed by atoms with van der Waals surface area (Å²) in [6.45, 7) is 0. The van der Waals surface area contributed by atoms with Crippen molar-refractivity contribution in [2.24, 2.45) is 5.10 Å². The number of halogens is 2. The van der Waals surface area contributed by atoms with Gasteiger partial charge < -0.3 is 9.84 Å². The van der Waals surface area contributed by atoms with E-state index in [2.05, 4.69) is 47.4 Å². The minimum atomic E-state index is -0.530. The highest BCUT2D eigenvalue weighted by Gasteiger charge is 2.13. The highest BCUT2D eigenvalue weighted by molar-refractivity contribution is 9.13. The number of nitrogens with one attached hydrogen (secondary N) is 1. The standard InChI is InChI=1S/C13H10Br2N4O4/c1-23-9-4-7(11(14)12(15)13(9)20)5-17-18-10-3-2-8(6-16-10)19(21)22/h2-6,20H,1H3,(H,16,18)/b17-5+. The van der Waals surface area contributed by atoms with Crippen LogP contribution in [-0.4, -0.2) is 28.3 Å². The van der Waals surface area contributed by atoms with E-state index in [9.17, 15) is 15.2 Å². The number of rotatable bonds is 5. The van der Waals surface area contributed by atoms with Crippen LogP contribution in [0.5, 0.6) is 11.5 Å². The lowest BCUT2D eigenvalue weighted by Gasteiger charge is -2.09. The van der Waals surface area contributed by atoms with Crippen LogP contribution in [0.4, 0.5) is 11.5 Å². The van der Waals surface area contributed by atoms with Crippen molar-refractivity contribution >= 4 is 49.6 Å². The smallest absolute Gasteiger partial charge is 0.287 e. The van der Waals surface area contributed by atoms with E-state index in [1.165, 1.54) is 25.5 Å². The normalized spacial score (nSPS) is 10.7. The molecule has 0 spiro atoms. The molecule has 23 heavy (non-hydrogen) atoms. The van der Waals surface area contributed by atoms with Gasteiger partial charge in [0.15, 0.2) is 11.5 Å². The summed E-state index contributed by atoms with van der Waals surface area (Å²) >= 11 is 6.58. The fourth-order valence-electron chi connectivity index (χ4n) is 1.59. The number of aromatic hydroxyl groups is 1. The second-order valence-electron chi connectivity index (χ2n) is 4.17. The van der Waals surface area contributed by atoms with Crippen LogP contribution in [0.3, 0.4) is 0 Å². The van der Waals surface area contributed by atoms with Gasteiger partial charge in [-0.2, -0.15) is 5.10 Å². The largest absolute Gasteiger partial charge is 0.503 e. The van der Waals surface area contributed by atoms with Crippen molar-refractivity contribution in [3.05, 3.63) is 49.0 Å². The summed E-state index contributed by atoms with van der Waals surface area (Å²) in [4.78, 5) is 13.9. The number of aromatic nitrogens is 1. The lowest BCUT2D eigenvalue weighted by Crippen LogP contribution is -1.96. The first kappa shape index (κ1) is 17.2. The molecule has 0 saturated heterocycles. The second-order valence-corrected chi connectivity index (χ2v) is 5.76. The number of anilines is 1. The van der Waals surface area contributed by atoms with Crippen LogP contribution in [0.15, 0.2) is 38.4 Å². The lowest BCUT2D eigenvalue weighted by molar-refractivity contribution is -0.385. The first-order valence-corrected chi connectivity index (χ1v) is 7.67. The molecule has 2 aromatic rings. The van der Waals surface area contributed by atoms with Gasteiger partial charge in [-0.3, -0.25) is 15.5 Å². The molecule has 8 nitrogen and oxygen atoms in total. The lowest BCUT2D eigenvalue weighted by atomic mass is 10.2. The van der Waals surface area contributed by atoms with Crippen LogP contribution >= 0.6 is 31.9 Å². The summed E-state index contributed by atoms with van der Waals surface area (Å²) in [5.41, 5.74) is 3.19. The summed E-state index contributed by atoms with van der Waals surface area (Å²) in [6, 6.07) is 4.36. The number of hydrogen-bond donors (Lipinski definition) is 2. The Labute approximate surface area is 147 Å². The predicted octanol–water partition coefficient (Wildman–Crippen LogP) is 3.68. The zero-order valence-corrected chi connectivity index (χ0v) is 14.8. The number of nitrogens with zero attached hydrogens (tertiary/aromatic N) is 3. The molecule has 2 N–H and O–H groups in total. The molecule has 0 aliphatic rings. The Kier molecular flexibility index (Phi) is 5.50. The van der Waals surface area contributed by atoms with Crippen LogP contribution < -0.4 is 10.2 Å². The Balaban J connectivity index is 2.17. The first-order chi connectivity index (χ1) is 10.9. The Bertz CT molecular complexity index is 766. The minimum absolute atomic E-state index is 0.0264. The van der Waals surface area contributed by atoms with Gasteiger partial charge in [-0.25, -0.2) is 4.98 Å². The monoisotopic (exact) mass is 444 g/mol. The molecule has 0 amide bonds. The Morgan fingerprint density at radius 1 is 1.43 bits per heavy atom. The van der Waals surface area contributed by atoms with Gasteiger partial charge in [-0.15, -0.1) is 0 Å². The van der Waals surface area contributed by atoms with Gasteiger partial charge in [-0.1, -0.05) is 0 Å². The van der Waals surface area contributed by atoms with E-state index in [1.54, 1.807) is 6.07 Å². The van der Waals surface area contributed by atoms with E-state index in [1.807, 2.05) is 0 Å². The van der Waals surface area contributed by atoms with Crippen molar-refractivity contribution in [3.8, 4) is 11.5 Å². The molecule has 10 heteroatoms. The molecule has 0 fully saturated rings. The molecule has 0 atom stereocenters. The number of nitro groups is 1. The fraction of sp³-hybridized carbons (Fsp3) is 0.0769. The number of phenols is 1. The highest BCUT2D eigenvalue weighted by Crippen LogP contribution is 2.41. The molecule has 1 heterocycles. The van der Waals surface area contributed by atoms with Crippen molar-refractivity contribution in [3.63, 3.8) is 0 Å². The maximum Gasteiger partial charge on any atom is 0.287 e. The topological polar surface area (TPSA) is 110 Å². The van der Waals surface area contributed by atoms with Gasteiger partial charge in [-0.05, 0) is 44.0 Å². The third-order valence-electron chi connectivity index (χ3n) is 2.74. The zero-order chi connectivity index (χ0) is 17.0. The molecule has 0 aliphatic heterocycles. The first-order valence-electron chi connectivity index (χ1n) is 6.08. The van der Waals surface area contributed by atoms with Gasteiger partial charge >= 0.3 is 0 Å². The molecule has 0 bridgehead atoms. The molecule has 0 radical (unpaired) electrons. The summed E-state index contributed by atoms with van der Waals surface area (Å²) in [7, 11) is 1.44. The molecule has 120 valence electrons.